The van der Waals surface area contributed by atoms with Crippen LogP contribution in [0.2, 0.25) is 0 Å². The van der Waals surface area contributed by atoms with Gasteiger partial charge in [-0.15, -0.1) is 0 Å². The second-order valence-corrected chi connectivity index (χ2v) is 4.82. The van der Waals surface area contributed by atoms with Crippen LogP contribution in [-0.4, -0.2) is 22.7 Å². The monoisotopic (exact) mass is 266 g/mol. The Morgan fingerprint density at radius 2 is 1.84 bits per heavy atom. The SMILES string of the molecule is CC(C)(C=O)[C@@H](C[N+](=O)[O-])c1ccccc1[N+](=O)[O-]. The molecule has 19 heavy (non-hydrogen) atoms. The minimum atomic E-state index is -1.06. The topological polar surface area (TPSA) is 103 Å². The molecule has 7 heteroatoms. The Labute approximate surface area is 109 Å². The highest BCUT2D eigenvalue weighted by Gasteiger charge is 2.38. The highest BCUT2D eigenvalue weighted by atomic mass is 16.6. The number of carbonyl (C=O) groups excluding carboxylic acids is 1. The molecule has 0 bridgehead atoms. The molecule has 0 aliphatic carbocycles. The molecule has 0 N–H and O–H groups in total. The molecule has 1 aromatic rings. The van der Waals surface area contributed by atoms with E-state index in [2.05, 4.69) is 0 Å². The Balaban J connectivity index is 3.37. The predicted molar refractivity (Wildman–Crippen MR) is 67.5 cm³/mol. The van der Waals surface area contributed by atoms with Gasteiger partial charge in [0.25, 0.3) is 5.69 Å². The quantitative estimate of drug-likeness (QED) is 0.446. The molecule has 0 saturated heterocycles. The summed E-state index contributed by atoms with van der Waals surface area (Å²) < 4.78 is 0. The normalized spacial score (nSPS) is 12.7. The summed E-state index contributed by atoms with van der Waals surface area (Å²) >= 11 is 0. The summed E-state index contributed by atoms with van der Waals surface area (Å²) in [6.45, 7) is 2.53. The summed E-state index contributed by atoms with van der Waals surface area (Å²) in [4.78, 5) is 31.7. The number of nitrogens with zero attached hydrogens (tertiary/aromatic N) is 2. The lowest BCUT2D eigenvalue weighted by atomic mass is 9.75. The van der Waals surface area contributed by atoms with Gasteiger partial charge in [-0.1, -0.05) is 32.0 Å². The minimum Gasteiger partial charge on any atom is -0.303 e. The van der Waals surface area contributed by atoms with E-state index < -0.39 is 27.7 Å². The molecule has 7 nitrogen and oxygen atoms in total. The van der Waals surface area contributed by atoms with Gasteiger partial charge in [-0.25, -0.2) is 0 Å². The number of nitro benzene ring substituents is 1. The summed E-state index contributed by atoms with van der Waals surface area (Å²) in [7, 11) is 0. The van der Waals surface area contributed by atoms with Gasteiger partial charge in [0.05, 0.1) is 10.8 Å². The van der Waals surface area contributed by atoms with Crippen LogP contribution in [0.4, 0.5) is 5.69 Å². The zero-order chi connectivity index (χ0) is 14.6. The Bertz CT molecular complexity index is 513. The van der Waals surface area contributed by atoms with Gasteiger partial charge >= 0.3 is 0 Å². The lowest BCUT2D eigenvalue weighted by Gasteiger charge is -2.26. The van der Waals surface area contributed by atoms with Crippen LogP contribution in [0.3, 0.4) is 0 Å². The second-order valence-electron chi connectivity index (χ2n) is 4.82. The van der Waals surface area contributed by atoms with Crippen molar-refractivity contribution in [3.8, 4) is 0 Å². The third-order valence-corrected chi connectivity index (χ3v) is 3.04. The molecule has 0 fully saturated rings. The zero-order valence-corrected chi connectivity index (χ0v) is 10.6. The lowest BCUT2D eigenvalue weighted by Crippen LogP contribution is -2.30. The number of nitro groups is 2. The van der Waals surface area contributed by atoms with E-state index in [1.54, 1.807) is 6.07 Å². The molecule has 0 unspecified atom stereocenters. The van der Waals surface area contributed by atoms with E-state index in [1.165, 1.54) is 32.0 Å². The molecule has 1 atom stereocenters. The molecule has 1 rings (SSSR count). The van der Waals surface area contributed by atoms with Crippen LogP contribution in [0.1, 0.15) is 25.3 Å². The number of hydrogen-bond donors (Lipinski definition) is 0. The molecular weight excluding hydrogens is 252 g/mol. The van der Waals surface area contributed by atoms with Crippen LogP contribution in [-0.2, 0) is 4.79 Å². The second kappa shape index (κ2) is 5.55. The van der Waals surface area contributed by atoms with E-state index in [0.29, 0.717) is 6.29 Å². The zero-order valence-electron chi connectivity index (χ0n) is 10.6. The van der Waals surface area contributed by atoms with E-state index in [-0.39, 0.29) is 11.3 Å². The Morgan fingerprint density at radius 1 is 1.26 bits per heavy atom. The van der Waals surface area contributed by atoms with E-state index in [9.17, 15) is 25.0 Å². The smallest absolute Gasteiger partial charge is 0.273 e. The van der Waals surface area contributed by atoms with Crippen molar-refractivity contribution in [2.45, 2.75) is 19.8 Å². The van der Waals surface area contributed by atoms with Crippen molar-refractivity contribution in [2.24, 2.45) is 5.41 Å². The first-order valence-electron chi connectivity index (χ1n) is 5.61. The Hall–Kier alpha value is -2.31. The van der Waals surface area contributed by atoms with Crippen molar-refractivity contribution >= 4 is 12.0 Å². The largest absolute Gasteiger partial charge is 0.303 e. The molecule has 102 valence electrons. The summed E-state index contributed by atoms with van der Waals surface area (Å²) in [5.74, 6) is -0.846. The van der Waals surface area contributed by atoms with Crippen LogP contribution < -0.4 is 0 Å². The average Bonchev–Trinajstić information content (AvgIpc) is 2.35. The van der Waals surface area contributed by atoms with Gasteiger partial charge in [-0.3, -0.25) is 20.2 Å². The molecule has 0 spiro atoms. The number of benzene rings is 1. The summed E-state index contributed by atoms with van der Waals surface area (Å²) in [6.07, 6.45) is 0.595. The maximum atomic E-state index is 11.1. The van der Waals surface area contributed by atoms with Crippen molar-refractivity contribution in [3.05, 3.63) is 50.1 Å². The van der Waals surface area contributed by atoms with E-state index in [0.717, 1.165) is 0 Å². The van der Waals surface area contributed by atoms with E-state index in [1.807, 2.05) is 0 Å². The van der Waals surface area contributed by atoms with Crippen molar-refractivity contribution in [1.82, 2.24) is 0 Å². The van der Waals surface area contributed by atoms with Gasteiger partial charge in [0.1, 0.15) is 6.29 Å². The highest BCUT2D eigenvalue weighted by Crippen LogP contribution is 2.38. The van der Waals surface area contributed by atoms with Crippen molar-refractivity contribution in [2.75, 3.05) is 6.54 Å². The first kappa shape index (κ1) is 14.7. The molecule has 0 aromatic heterocycles. The predicted octanol–water partition coefficient (Wildman–Crippen LogP) is 2.18. The van der Waals surface area contributed by atoms with Gasteiger partial charge in [0.2, 0.25) is 6.54 Å². The number of rotatable bonds is 6. The molecule has 0 heterocycles. The number of para-hydroxylation sites is 1. The van der Waals surface area contributed by atoms with Crippen LogP contribution in [0.5, 0.6) is 0 Å². The van der Waals surface area contributed by atoms with Gasteiger partial charge in [0, 0.05) is 22.0 Å². The van der Waals surface area contributed by atoms with Crippen LogP contribution in [0.15, 0.2) is 24.3 Å². The van der Waals surface area contributed by atoms with Crippen LogP contribution >= 0.6 is 0 Å². The Morgan fingerprint density at radius 3 is 2.32 bits per heavy atom. The molecule has 0 radical (unpaired) electrons. The highest BCUT2D eigenvalue weighted by molar-refractivity contribution is 5.62. The molecule has 0 saturated carbocycles. The Kier molecular flexibility index (Phi) is 4.31. The van der Waals surface area contributed by atoms with Crippen LogP contribution in [0, 0.1) is 25.6 Å². The number of carbonyl (C=O) groups is 1. The fourth-order valence-electron chi connectivity index (χ4n) is 1.91. The molecule has 0 aliphatic rings. The first-order valence-corrected chi connectivity index (χ1v) is 5.61. The van der Waals surface area contributed by atoms with Gasteiger partial charge in [-0.05, 0) is 0 Å². The number of aldehydes is 1. The summed E-state index contributed by atoms with van der Waals surface area (Å²) in [6, 6.07) is 5.79. The average molecular weight is 266 g/mol. The maximum absolute atomic E-state index is 11.1. The molecule has 0 aliphatic heterocycles. The van der Waals surface area contributed by atoms with Gasteiger partial charge < -0.3 is 4.79 Å². The fourth-order valence-corrected chi connectivity index (χ4v) is 1.91. The lowest BCUT2D eigenvalue weighted by molar-refractivity contribution is -0.486. The van der Waals surface area contributed by atoms with E-state index >= 15 is 0 Å². The summed E-state index contributed by atoms with van der Waals surface area (Å²) in [5.41, 5.74) is -1.05. The van der Waals surface area contributed by atoms with Crippen molar-refractivity contribution in [1.29, 1.82) is 0 Å². The van der Waals surface area contributed by atoms with Gasteiger partial charge in [-0.2, -0.15) is 0 Å². The molecular formula is C12H14N2O5. The fraction of sp³-hybridized carbons (Fsp3) is 0.417. The standard InChI is InChI=1S/C12H14N2O5/c1-12(2,8-15)10(7-13(16)17)9-5-3-4-6-11(9)14(18)19/h3-6,8,10H,7H2,1-2H3/t10-/m0/s1. The molecule has 0 amide bonds. The van der Waals surface area contributed by atoms with E-state index in [4.69, 9.17) is 0 Å². The third-order valence-electron chi connectivity index (χ3n) is 3.04. The first-order chi connectivity index (χ1) is 8.79. The van der Waals surface area contributed by atoms with Gasteiger partial charge in [0.15, 0.2) is 0 Å². The minimum absolute atomic E-state index is 0.204. The van der Waals surface area contributed by atoms with Crippen LogP contribution in [0.25, 0.3) is 0 Å². The maximum Gasteiger partial charge on any atom is 0.273 e. The van der Waals surface area contributed by atoms with Crippen molar-refractivity contribution in [3.63, 3.8) is 0 Å². The molecule has 1 aromatic carbocycles. The number of hydrogen-bond acceptors (Lipinski definition) is 5. The van der Waals surface area contributed by atoms with Crippen molar-refractivity contribution < 1.29 is 14.6 Å². The third kappa shape index (κ3) is 3.34. The summed E-state index contributed by atoms with van der Waals surface area (Å²) in [5, 5.41) is 21.7.